The molecule has 2 fully saturated rings. The number of hydrogen-bond donors (Lipinski definition) is 1. The van der Waals surface area contributed by atoms with E-state index >= 15 is 0 Å². The molecular weight excluding hydrogens is 332 g/mol. The van der Waals surface area contributed by atoms with E-state index in [2.05, 4.69) is 11.0 Å². The first kappa shape index (κ1) is 15.2. The minimum Gasteiger partial charge on any atom is -0.495 e. The summed E-state index contributed by atoms with van der Waals surface area (Å²) in [4.78, 5) is 15.9. The summed E-state index contributed by atoms with van der Waals surface area (Å²) in [6.07, 6.45) is 1.47. The molecule has 0 amide bonds. The SMILES string of the molecule is COc1cccc2c3c4n(c12)C(=O)[C@H](O)[C@]12CCO[C@H]1CCN(CC3)[C@H]42. The zero-order valence-electron chi connectivity index (χ0n) is 14.8. The molecule has 4 aliphatic heterocycles. The maximum Gasteiger partial charge on any atom is 0.261 e. The second-order valence-electron chi connectivity index (χ2n) is 8.00. The van der Waals surface area contributed by atoms with Crippen LogP contribution in [-0.4, -0.2) is 59.5 Å². The summed E-state index contributed by atoms with van der Waals surface area (Å²) in [6.45, 7) is 2.54. The topological polar surface area (TPSA) is 63.9 Å². The number of hydrogen-bond acceptors (Lipinski definition) is 5. The highest BCUT2D eigenvalue weighted by molar-refractivity contribution is 6.02. The molecule has 4 aliphatic rings. The molecule has 0 unspecified atom stereocenters. The molecule has 6 rings (SSSR count). The average molecular weight is 354 g/mol. The number of para-hydroxylation sites is 1. The van der Waals surface area contributed by atoms with Crippen molar-refractivity contribution in [3.8, 4) is 5.75 Å². The third-order valence-corrected chi connectivity index (χ3v) is 7.20. The fourth-order valence-corrected chi connectivity index (χ4v) is 6.18. The lowest BCUT2D eigenvalue weighted by Crippen LogP contribution is -2.64. The minimum absolute atomic E-state index is 0.0392. The van der Waals surface area contributed by atoms with Gasteiger partial charge in [-0.25, -0.2) is 0 Å². The van der Waals surface area contributed by atoms with Crippen LogP contribution in [0, 0.1) is 5.41 Å². The van der Waals surface area contributed by atoms with Gasteiger partial charge in [0.2, 0.25) is 0 Å². The van der Waals surface area contributed by atoms with Crippen LogP contribution in [0.2, 0.25) is 0 Å². The van der Waals surface area contributed by atoms with Crippen molar-refractivity contribution in [3.05, 3.63) is 29.5 Å². The summed E-state index contributed by atoms with van der Waals surface area (Å²) in [5.74, 6) is 0.464. The molecule has 2 saturated heterocycles. The number of aliphatic hydroxyl groups is 1. The fraction of sp³-hybridized carbons (Fsp3) is 0.550. The molecule has 0 radical (unpaired) electrons. The van der Waals surface area contributed by atoms with Crippen molar-refractivity contribution in [3.63, 3.8) is 0 Å². The van der Waals surface area contributed by atoms with E-state index in [9.17, 15) is 9.90 Å². The fourth-order valence-electron chi connectivity index (χ4n) is 6.18. The van der Waals surface area contributed by atoms with Crippen LogP contribution in [0.25, 0.3) is 10.9 Å². The van der Waals surface area contributed by atoms with Crippen LogP contribution in [-0.2, 0) is 11.2 Å². The molecule has 136 valence electrons. The van der Waals surface area contributed by atoms with E-state index in [1.165, 1.54) is 5.56 Å². The van der Waals surface area contributed by atoms with Crippen molar-refractivity contribution in [2.24, 2.45) is 5.41 Å². The van der Waals surface area contributed by atoms with Gasteiger partial charge in [0.15, 0.2) is 0 Å². The van der Waals surface area contributed by atoms with Crippen molar-refractivity contribution in [1.29, 1.82) is 0 Å². The molecule has 4 atom stereocenters. The highest BCUT2D eigenvalue weighted by atomic mass is 16.5. The molecule has 6 nitrogen and oxygen atoms in total. The van der Waals surface area contributed by atoms with Crippen molar-refractivity contribution in [2.45, 2.75) is 37.5 Å². The van der Waals surface area contributed by atoms with Gasteiger partial charge in [-0.2, -0.15) is 0 Å². The van der Waals surface area contributed by atoms with Crippen LogP contribution >= 0.6 is 0 Å². The Morgan fingerprint density at radius 3 is 3.08 bits per heavy atom. The van der Waals surface area contributed by atoms with Gasteiger partial charge in [-0.05, 0) is 30.9 Å². The molecule has 26 heavy (non-hydrogen) atoms. The number of fused-ring (bicyclic) bond motifs is 3. The number of carbonyl (C=O) groups is 1. The summed E-state index contributed by atoms with van der Waals surface area (Å²) in [5.41, 5.74) is 2.61. The predicted molar refractivity (Wildman–Crippen MR) is 94.5 cm³/mol. The molecule has 1 N–H and O–H groups in total. The Balaban J connectivity index is 1.74. The second kappa shape index (κ2) is 4.88. The van der Waals surface area contributed by atoms with E-state index in [-0.39, 0.29) is 18.1 Å². The van der Waals surface area contributed by atoms with Crippen LogP contribution in [0.15, 0.2) is 18.2 Å². The molecule has 5 heterocycles. The molecule has 0 saturated carbocycles. The molecule has 6 heteroatoms. The summed E-state index contributed by atoms with van der Waals surface area (Å²) in [5, 5.41) is 12.3. The van der Waals surface area contributed by atoms with Gasteiger partial charge in [0, 0.05) is 30.8 Å². The highest BCUT2D eigenvalue weighted by Gasteiger charge is 2.65. The maximum absolute atomic E-state index is 13.4. The van der Waals surface area contributed by atoms with E-state index < -0.39 is 11.5 Å². The predicted octanol–water partition coefficient (Wildman–Crippen LogP) is 1.74. The number of nitrogens with zero attached hydrogens (tertiary/aromatic N) is 2. The molecule has 0 bridgehead atoms. The number of piperidine rings is 1. The number of aromatic nitrogens is 1. The normalized spacial score (nSPS) is 35.5. The van der Waals surface area contributed by atoms with Gasteiger partial charge in [-0.1, -0.05) is 12.1 Å². The zero-order chi connectivity index (χ0) is 17.6. The number of carbonyl (C=O) groups excluding carboxylic acids is 1. The molecule has 1 aromatic carbocycles. The summed E-state index contributed by atoms with van der Waals surface area (Å²) in [6, 6.07) is 5.99. The molecule has 1 aromatic heterocycles. The number of rotatable bonds is 1. The van der Waals surface area contributed by atoms with Crippen LogP contribution in [0.3, 0.4) is 0 Å². The van der Waals surface area contributed by atoms with Crippen molar-refractivity contribution in [1.82, 2.24) is 9.47 Å². The van der Waals surface area contributed by atoms with Crippen LogP contribution in [0.1, 0.15) is 34.9 Å². The van der Waals surface area contributed by atoms with Gasteiger partial charge in [-0.3, -0.25) is 14.3 Å². The van der Waals surface area contributed by atoms with Crippen molar-refractivity contribution >= 4 is 16.8 Å². The number of methoxy groups -OCH3 is 1. The van der Waals surface area contributed by atoms with Gasteiger partial charge in [0.25, 0.3) is 5.91 Å². The van der Waals surface area contributed by atoms with Gasteiger partial charge < -0.3 is 14.6 Å². The van der Waals surface area contributed by atoms with Crippen LogP contribution in [0.5, 0.6) is 5.75 Å². The van der Waals surface area contributed by atoms with Gasteiger partial charge in [0.1, 0.15) is 11.9 Å². The lowest BCUT2D eigenvalue weighted by Gasteiger charge is -2.56. The van der Waals surface area contributed by atoms with E-state index in [1.807, 2.05) is 12.1 Å². The monoisotopic (exact) mass is 354 g/mol. The molecule has 2 aromatic rings. The van der Waals surface area contributed by atoms with Gasteiger partial charge in [0.05, 0.1) is 30.2 Å². The lowest BCUT2D eigenvalue weighted by molar-refractivity contribution is -0.123. The van der Waals surface area contributed by atoms with Gasteiger partial charge in [-0.15, -0.1) is 0 Å². The first-order chi connectivity index (χ1) is 12.7. The van der Waals surface area contributed by atoms with Crippen LogP contribution < -0.4 is 4.74 Å². The van der Waals surface area contributed by atoms with Crippen molar-refractivity contribution in [2.75, 3.05) is 26.8 Å². The largest absolute Gasteiger partial charge is 0.495 e. The quantitative estimate of drug-likeness (QED) is 0.845. The van der Waals surface area contributed by atoms with E-state index in [4.69, 9.17) is 9.47 Å². The highest BCUT2D eigenvalue weighted by Crippen LogP contribution is 2.60. The van der Waals surface area contributed by atoms with E-state index in [1.54, 1.807) is 11.7 Å². The van der Waals surface area contributed by atoms with E-state index in [0.717, 1.165) is 48.9 Å². The standard InChI is InChI=1S/C20H22N2O4/c1-25-13-4-2-3-11-12-5-8-21-9-6-14-20(7-10-26-14)17(21)16(12)22(15(11)13)19(24)18(20)23/h2-4,14,17-18,23H,5-10H2,1H3/t14-,17+,18-,20+/m0/s1. The lowest BCUT2D eigenvalue weighted by atomic mass is 9.62. The number of aliphatic hydroxyl groups excluding tert-OH is 1. The van der Waals surface area contributed by atoms with Gasteiger partial charge >= 0.3 is 0 Å². The molecular formula is C20H22N2O4. The Morgan fingerprint density at radius 1 is 1.35 bits per heavy atom. The molecule has 0 aliphatic carbocycles. The summed E-state index contributed by atoms with van der Waals surface area (Å²) < 4.78 is 13.3. The van der Waals surface area contributed by atoms with E-state index in [0.29, 0.717) is 12.4 Å². The minimum atomic E-state index is -1.04. The Hall–Kier alpha value is -1.89. The Kier molecular flexibility index (Phi) is 2.85. The zero-order valence-corrected chi connectivity index (χ0v) is 14.8. The Labute approximate surface area is 151 Å². The number of ether oxygens (including phenoxy) is 2. The Morgan fingerprint density at radius 2 is 2.23 bits per heavy atom. The number of benzene rings is 1. The Bertz CT molecular complexity index is 951. The first-order valence-electron chi connectivity index (χ1n) is 9.46. The third-order valence-electron chi connectivity index (χ3n) is 7.20. The third kappa shape index (κ3) is 1.50. The summed E-state index contributed by atoms with van der Waals surface area (Å²) in [7, 11) is 1.63. The van der Waals surface area contributed by atoms with Crippen LogP contribution in [0.4, 0.5) is 0 Å². The molecule has 1 spiro atoms. The van der Waals surface area contributed by atoms with Crippen molar-refractivity contribution < 1.29 is 19.4 Å². The first-order valence-corrected chi connectivity index (χ1v) is 9.46. The summed E-state index contributed by atoms with van der Waals surface area (Å²) >= 11 is 0. The maximum atomic E-state index is 13.4. The smallest absolute Gasteiger partial charge is 0.261 e. The second-order valence-corrected chi connectivity index (χ2v) is 8.00. The average Bonchev–Trinajstić information content (AvgIpc) is 3.25.